The van der Waals surface area contributed by atoms with E-state index in [0.29, 0.717) is 43.3 Å². The van der Waals surface area contributed by atoms with Crippen molar-refractivity contribution in [1.29, 1.82) is 0 Å². The maximum Gasteiger partial charge on any atom is 0.319 e. The molecular weight excluding hydrogens is 286 g/mol. The van der Waals surface area contributed by atoms with Gasteiger partial charge in [0.2, 0.25) is 0 Å². The molecule has 0 aliphatic heterocycles. The van der Waals surface area contributed by atoms with Gasteiger partial charge in [-0.25, -0.2) is 4.79 Å². The van der Waals surface area contributed by atoms with E-state index in [-0.39, 0.29) is 11.7 Å². The van der Waals surface area contributed by atoms with Gasteiger partial charge in [0.15, 0.2) is 0 Å². The lowest BCUT2D eigenvalue weighted by molar-refractivity contribution is -0.385. The minimum atomic E-state index is -0.468. The summed E-state index contributed by atoms with van der Waals surface area (Å²) in [6, 6.07) is 4.20. The first kappa shape index (κ1) is 17.9. The predicted molar refractivity (Wildman–Crippen MR) is 85.1 cm³/mol. The maximum atomic E-state index is 11.8. The number of benzene rings is 1. The smallest absolute Gasteiger partial charge is 0.319 e. The molecule has 122 valence electrons. The van der Waals surface area contributed by atoms with E-state index in [4.69, 9.17) is 4.74 Å². The van der Waals surface area contributed by atoms with E-state index in [9.17, 15) is 14.9 Å². The fourth-order valence-electron chi connectivity index (χ4n) is 1.82. The largest absolute Gasteiger partial charge is 0.381 e. The highest BCUT2D eigenvalue weighted by atomic mass is 16.6. The Balaban J connectivity index is 2.37. The summed E-state index contributed by atoms with van der Waals surface area (Å²) >= 11 is 0. The zero-order chi connectivity index (χ0) is 16.5. The average molecular weight is 309 g/mol. The fourth-order valence-corrected chi connectivity index (χ4v) is 1.82. The highest BCUT2D eigenvalue weighted by Crippen LogP contribution is 2.24. The number of nitrogens with zero attached hydrogens (tertiary/aromatic N) is 1. The van der Waals surface area contributed by atoms with Gasteiger partial charge in [-0.1, -0.05) is 19.9 Å². The molecule has 22 heavy (non-hydrogen) atoms. The highest BCUT2D eigenvalue weighted by molar-refractivity contribution is 5.90. The second-order valence-electron chi connectivity index (χ2n) is 5.41. The number of nitrogens with one attached hydrogen (secondary N) is 2. The van der Waals surface area contributed by atoms with E-state index in [1.165, 1.54) is 6.07 Å². The van der Waals surface area contributed by atoms with E-state index >= 15 is 0 Å². The lowest BCUT2D eigenvalue weighted by atomic mass is 10.1. The van der Waals surface area contributed by atoms with Gasteiger partial charge >= 0.3 is 6.03 Å². The van der Waals surface area contributed by atoms with Crippen LogP contribution in [-0.2, 0) is 4.74 Å². The number of carbonyl (C=O) groups excluding carboxylic acids is 1. The van der Waals surface area contributed by atoms with Gasteiger partial charge in [0.1, 0.15) is 0 Å². The molecule has 0 atom stereocenters. The van der Waals surface area contributed by atoms with Crippen LogP contribution in [0.1, 0.15) is 25.8 Å². The van der Waals surface area contributed by atoms with E-state index in [0.717, 1.165) is 0 Å². The molecule has 1 aromatic carbocycles. The van der Waals surface area contributed by atoms with Gasteiger partial charge in [0.05, 0.1) is 16.2 Å². The molecule has 0 aliphatic rings. The Labute approximate surface area is 130 Å². The molecule has 1 aromatic rings. The van der Waals surface area contributed by atoms with E-state index in [1.54, 1.807) is 19.1 Å². The van der Waals surface area contributed by atoms with Crippen LogP contribution in [0.15, 0.2) is 18.2 Å². The van der Waals surface area contributed by atoms with Crippen LogP contribution in [0, 0.1) is 23.0 Å². The van der Waals surface area contributed by atoms with E-state index < -0.39 is 4.92 Å². The predicted octanol–water partition coefficient (Wildman–Crippen LogP) is 3.09. The van der Waals surface area contributed by atoms with Crippen molar-refractivity contribution in [3.8, 4) is 0 Å². The third-order valence-electron chi connectivity index (χ3n) is 2.95. The van der Waals surface area contributed by atoms with Crippen LogP contribution in [-0.4, -0.2) is 30.7 Å². The Morgan fingerprint density at radius 3 is 2.77 bits per heavy atom. The van der Waals surface area contributed by atoms with Gasteiger partial charge < -0.3 is 15.4 Å². The summed E-state index contributed by atoms with van der Waals surface area (Å²) in [6.45, 7) is 7.54. The molecule has 7 heteroatoms. The lowest BCUT2D eigenvalue weighted by Gasteiger charge is -2.10. The summed E-state index contributed by atoms with van der Waals surface area (Å²) in [7, 11) is 0. The minimum absolute atomic E-state index is 0.0140. The van der Waals surface area contributed by atoms with Gasteiger partial charge in [-0.15, -0.1) is 0 Å². The summed E-state index contributed by atoms with van der Waals surface area (Å²) in [5.41, 5.74) is 0.852. The quantitative estimate of drug-likeness (QED) is 0.438. The number of hydrogen-bond donors (Lipinski definition) is 2. The van der Waals surface area contributed by atoms with Crippen molar-refractivity contribution < 1.29 is 14.5 Å². The van der Waals surface area contributed by atoms with Gasteiger partial charge in [0.25, 0.3) is 5.69 Å². The monoisotopic (exact) mass is 309 g/mol. The molecule has 0 fully saturated rings. The van der Waals surface area contributed by atoms with Crippen LogP contribution in [0.3, 0.4) is 0 Å². The number of carbonyl (C=O) groups is 1. The Morgan fingerprint density at radius 1 is 1.41 bits per heavy atom. The van der Waals surface area contributed by atoms with Gasteiger partial charge in [-0.05, 0) is 25.3 Å². The van der Waals surface area contributed by atoms with Crippen molar-refractivity contribution >= 4 is 17.4 Å². The van der Waals surface area contributed by atoms with E-state index in [1.807, 2.05) is 0 Å². The number of nitro groups is 1. The van der Waals surface area contributed by atoms with Crippen molar-refractivity contribution in [1.82, 2.24) is 5.32 Å². The molecule has 0 saturated carbocycles. The van der Waals surface area contributed by atoms with Crippen molar-refractivity contribution in [2.24, 2.45) is 5.92 Å². The molecule has 0 unspecified atom stereocenters. The van der Waals surface area contributed by atoms with Crippen molar-refractivity contribution in [2.45, 2.75) is 27.2 Å². The van der Waals surface area contributed by atoms with Crippen LogP contribution in [0.5, 0.6) is 0 Å². The average Bonchev–Trinajstić information content (AvgIpc) is 2.44. The minimum Gasteiger partial charge on any atom is -0.381 e. The first-order valence-corrected chi connectivity index (χ1v) is 7.28. The number of hydrogen-bond acceptors (Lipinski definition) is 4. The molecular formula is C15H23N3O4. The van der Waals surface area contributed by atoms with Crippen molar-refractivity contribution in [3.63, 3.8) is 0 Å². The summed E-state index contributed by atoms with van der Waals surface area (Å²) < 4.78 is 5.41. The molecule has 7 nitrogen and oxygen atoms in total. The van der Waals surface area contributed by atoms with Crippen LogP contribution in [0.4, 0.5) is 16.2 Å². The zero-order valence-corrected chi connectivity index (χ0v) is 13.2. The second kappa shape index (κ2) is 8.99. The number of nitro benzene ring substituents is 1. The molecule has 2 N–H and O–H groups in total. The third-order valence-corrected chi connectivity index (χ3v) is 2.95. The summed E-state index contributed by atoms with van der Waals surface area (Å²) in [5, 5.41) is 16.2. The highest BCUT2D eigenvalue weighted by Gasteiger charge is 2.14. The van der Waals surface area contributed by atoms with Crippen LogP contribution < -0.4 is 10.6 Å². The lowest BCUT2D eigenvalue weighted by Crippen LogP contribution is -2.30. The zero-order valence-electron chi connectivity index (χ0n) is 13.2. The standard InChI is InChI=1S/C15H23N3O4/c1-11(2)10-22-9-5-8-16-15(19)17-13-6-4-7-14(12(13)3)18(20)21/h4,6-7,11H,5,8-10H2,1-3H3,(H2,16,17,19). The van der Waals surface area contributed by atoms with E-state index in [2.05, 4.69) is 24.5 Å². The number of urea groups is 1. The SMILES string of the molecule is Cc1c(NC(=O)NCCCOCC(C)C)cccc1[N+](=O)[O-]. The Bertz CT molecular complexity index is 518. The van der Waals surface area contributed by atoms with Gasteiger partial charge in [-0.2, -0.15) is 0 Å². The summed E-state index contributed by atoms with van der Waals surface area (Å²) in [6.07, 6.45) is 0.716. The first-order chi connectivity index (χ1) is 10.4. The van der Waals surface area contributed by atoms with Crippen LogP contribution >= 0.6 is 0 Å². The first-order valence-electron chi connectivity index (χ1n) is 7.28. The molecule has 0 aliphatic carbocycles. The molecule has 0 saturated heterocycles. The molecule has 0 spiro atoms. The molecule has 0 aromatic heterocycles. The summed E-state index contributed by atoms with van der Waals surface area (Å²) in [5.74, 6) is 0.494. The maximum absolute atomic E-state index is 11.8. The van der Waals surface area contributed by atoms with Crippen LogP contribution in [0.2, 0.25) is 0 Å². The van der Waals surface area contributed by atoms with Crippen molar-refractivity contribution in [3.05, 3.63) is 33.9 Å². The normalized spacial score (nSPS) is 10.5. The molecule has 0 heterocycles. The second-order valence-corrected chi connectivity index (χ2v) is 5.41. The number of rotatable bonds is 8. The number of anilines is 1. The topological polar surface area (TPSA) is 93.5 Å². The van der Waals surface area contributed by atoms with Crippen molar-refractivity contribution in [2.75, 3.05) is 25.1 Å². The Morgan fingerprint density at radius 2 is 2.14 bits per heavy atom. The van der Waals surface area contributed by atoms with Crippen LogP contribution in [0.25, 0.3) is 0 Å². The molecule has 2 amide bonds. The molecule has 0 radical (unpaired) electrons. The fraction of sp³-hybridized carbons (Fsp3) is 0.533. The molecule has 1 rings (SSSR count). The Hall–Kier alpha value is -2.15. The van der Waals surface area contributed by atoms with Gasteiger partial charge in [-0.3, -0.25) is 10.1 Å². The number of amides is 2. The third kappa shape index (κ3) is 6.09. The van der Waals surface area contributed by atoms with Gasteiger partial charge in [0, 0.05) is 25.8 Å². The summed E-state index contributed by atoms with van der Waals surface area (Å²) in [4.78, 5) is 22.1. The Kier molecular flexibility index (Phi) is 7.31. The molecule has 0 bridgehead atoms. The number of ether oxygens (including phenoxy) is 1.